The molecular formula is C24H31N3O4S. The zero-order valence-corrected chi connectivity index (χ0v) is 19.8. The first-order valence-corrected chi connectivity index (χ1v) is 13.3. The van der Waals surface area contributed by atoms with Crippen molar-refractivity contribution in [3.63, 3.8) is 0 Å². The van der Waals surface area contributed by atoms with Gasteiger partial charge in [0.15, 0.2) is 0 Å². The maximum absolute atomic E-state index is 13.2. The molecule has 172 valence electrons. The number of nitrogens with one attached hydrogen (secondary N) is 3. The summed E-state index contributed by atoms with van der Waals surface area (Å²) in [6, 6.07) is 13.9. The second-order valence-electron chi connectivity index (χ2n) is 8.61. The Balaban J connectivity index is 1.79. The molecule has 3 amide bonds. The van der Waals surface area contributed by atoms with E-state index >= 15 is 0 Å². The summed E-state index contributed by atoms with van der Waals surface area (Å²) < 4.78 is 5.20. The summed E-state index contributed by atoms with van der Waals surface area (Å²) in [7, 11) is 0.706. The average Bonchev–Trinajstić information content (AvgIpc) is 2.77. The van der Waals surface area contributed by atoms with Crippen molar-refractivity contribution in [2.45, 2.75) is 23.8 Å². The zero-order valence-electron chi connectivity index (χ0n) is 18.9. The number of amides is 3. The van der Waals surface area contributed by atoms with Crippen molar-refractivity contribution in [3.8, 4) is 5.75 Å². The van der Waals surface area contributed by atoms with Crippen LogP contribution in [0.3, 0.4) is 0 Å². The van der Waals surface area contributed by atoms with Crippen LogP contribution in [-0.2, 0) is 14.4 Å². The fraction of sp³-hybridized carbons (Fsp3) is 0.375. The average molecular weight is 458 g/mol. The van der Waals surface area contributed by atoms with Gasteiger partial charge < -0.3 is 20.7 Å². The van der Waals surface area contributed by atoms with E-state index in [1.807, 2.05) is 24.3 Å². The van der Waals surface area contributed by atoms with E-state index in [9.17, 15) is 14.4 Å². The standard InChI is InChI=1S/C24H31N3O4S/c1-31-19-9-5-16(6-10-19)22(27-23(29)17-13-14-25-21(28)15-17)24(30)26-18-7-11-20(12-8-18)32(2,3)4/h5-12,17,22H,13-15H2,1-4H3,(H,25,28)(H,26,30)(H,27,29). The quantitative estimate of drug-likeness (QED) is 0.595. The number of hydrogen-bond donors (Lipinski definition) is 3. The Morgan fingerprint density at radius 2 is 1.72 bits per heavy atom. The molecule has 0 bridgehead atoms. The molecular weight excluding hydrogens is 426 g/mol. The SMILES string of the molecule is COc1ccc(C(NC(=O)C2CCNC(=O)C2)C(=O)Nc2ccc(S(C)(C)C)cc2)cc1. The molecule has 0 aromatic heterocycles. The molecule has 3 rings (SSSR count). The van der Waals surface area contributed by atoms with Crippen LogP contribution in [0.1, 0.15) is 24.4 Å². The molecule has 2 unspecified atom stereocenters. The Kier molecular flexibility index (Phi) is 7.45. The topological polar surface area (TPSA) is 96.5 Å². The predicted molar refractivity (Wildman–Crippen MR) is 128 cm³/mol. The van der Waals surface area contributed by atoms with Gasteiger partial charge in [0.2, 0.25) is 11.8 Å². The van der Waals surface area contributed by atoms with Gasteiger partial charge in [0, 0.05) is 24.6 Å². The highest BCUT2D eigenvalue weighted by atomic mass is 32.3. The summed E-state index contributed by atoms with van der Waals surface area (Å²) in [6.07, 6.45) is 7.30. The second kappa shape index (κ2) is 10.1. The first-order chi connectivity index (χ1) is 15.2. The number of rotatable bonds is 7. The van der Waals surface area contributed by atoms with Crippen LogP contribution in [0, 0.1) is 5.92 Å². The van der Waals surface area contributed by atoms with Crippen LogP contribution < -0.4 is 20.7 Å². The molecule has 0 spiro atoms. The zero-order chi connectivity index (χ0) is 23.3. The molecule has 7 nitrogen and oxygen atoms in total. The second-order valence-corrected chi connectivity index (χ2v) is 12.8. The third-order valence-electron chi connectivity index (χ3n) is 5.44. The monoisotopic (exact) mass is 457 g/mol. The predicted octanol–water partition coefficient (Wildman–Crippen LogP) is 3.07. The molecule has 1 saturated heterocycles. The fourth-order valence-electron chi connectivity index (χ4n) is 3.53. The van der Waals surface area contributed by atoms with Gasteiger partial charge in [-0.15, -0.1) is 0 Å². The van der Waals surface area contributed by atoms with Crippen molar-refractivity contribution < 1.29 is 19.1 Å². The van der Waals surface area contributed by atoms with Gasteiger partial charge in [-0.25, -0.2) is 10.0 Å². The largest absolute Gasteiger partial charge is 0.497 e. The highest BCUT2D eigenvalue weighted by Crippen LogP contribution is 2.45. The van der Waals surface area contributed by atoms with Crippen molar-refractivity contribution in [2.24, 2.45) is 5.92 Å². The molecule has 0 aliphatic carbocycles. The Bertz CT molecular complexity index is 968. The Morgan fingerprint density at radius 1 is 1.06 bits per heavy atom. The summed E-state index contributed by atoms with van der Waals surface area (Å²) in [4.78, 5) is 39.0. The van der Waals surface area contributed by atoms with Crippen LogP contribution in [0.5, 0.6) is 5.75 Å². The third kappa shape index (κ3) is 6.03. The van der Waals surface area contributed by atoms with Crippen LogP contribution in [0.2, 0.25) is 0 Å². The third-order valence-corrected chi connectivity index (χ3v) is 7.13. The van der Waals surface area contributed by atoms with Gasteiger partial charge in [-0.05, 0) is 72.0 Å². The summed E-state index contributed by atoms with van der Waals surface area (Å²) in [5, 5.41) is 8.48. The number of methoxy groups -OCH3 is 1. The van der Waals surface area contributed by atoms with E-state index in [-0.39, 0.29) is 24.1 Å². The van der Waals surface area contributed by atoms with E-state index in [2.05, 4.69) is 34.7 Å². The van der Waals surface area contributed by atoms with Crippen molar-refractivity contribution in [2.75, 3.05) is 37.7 Å². The molecule has 0 radical (unpaired) electrons. The first-order valence-electron chi connectivity index (χ1n) is 10.5. The molecule has 8 heteroatoms. The van der Waals surface area contributed by atoms with Crippen molar-refractivity contribution >= 4 is 33.4 Å². The highest BCUT2D eigenvalue weighted by Gasteiger charge is 2.30. The van der Waals surface area contributed by atoms with Gasteiger partial charge in [-0.2, -0.15) is 0 Å². The van der Waals surface area contributed by atoms with Gasteiger partial charge in [0.25, 0.3) is 5.91 Å². The van der Waals surface area contributed by atoms with Crippen molar-refractivity contribution in [1.29, 1.82) is 0 Å². The molecule has 32 heavy (non-hydrogen) atoms. The van der Waals surface area contributed by atoms with Gasteiger partial charge in [0.1, 0.15) is 11.8 Å². The Hall–Kier alpha value is -3.00. The number of anilines is 1. The van der Waals surface area contributed by atoms with E-state index < -0.39 is 22.0 Å². The summed E-state index contributed by atoms with van der Waals surface area (Å²) in [5.41, 5.74) is 1.29. The number of benzene rings is 2. The minimum atomic E-state index is -0.897. The van der Waals surface area contributed by atoms with E-state index in [4.69, 9.17) is 4.74 Å². The van der Waals surface area contributed by atoms with Crippen LogP contribution in [0.4, 0.5) is 5.69 Å². The van der Waals surface area contributed by atoms with E-state index in [1.54, 1.807) is 31.4 Å². The Morgan fingerprint density at radius 3 is 2.28 bits per heavy atom. The lowest BCUT2D eigenvalue weighted by atomic mass is 9.95. The number of carbonyl (C=O) groups is 3. The number of carbonyl (C=O) groups excluding carboxylic acids is 3. The van der Waals surface area contributed by atoms with Gasteiger partial charge in [-0.1, -0.05) is 12.1 Å². The molecule has 1 heterocycles. The normalized spacial score (nSPS) is 17.6. The minimum absolute atomic E-state index is 0.124. The molecule has 1 fully saturated rings. The lowest BCUT2D eigenvalue weighted by Gasteiger charge is -2.26. The smallest absolute Gasteiger partial charge is 0.251 e. The summed E-state index contributed by atoms with van der Waals surface area (Å²) in [6.45, 7) is 0.457. The molecule has 2 atom stereocenters. The van der Waals surface area contributed by atoms with Crippen molar-refractivity contribution in [1.82, 2.24) is 10.6 Å². The Labute approximate surface area is 190 Å². The van der Waals surface area contributed by atoms with E-state index in [1.165, 1.54) is 4.90 Å². The first kappa shape index (κ1) is 23.7. The fourth-order valence-corrected chi connectivity index (χ4v) is 4.48. The number of hydrogen-bond acceptors (Lipinski definition) is 4. The summed E-state index contributed by atoms with van der Waals surface area (Å²) >= 11 is 0. The lowest BCUT2D eigenvalue weighted by Crippen LogP contribution is -2.44. The molecule has 2 aromatic rings. The van der Waals surface area contributed by atoms with Crippen LogP contribution in [0.25, 0.3) is 0 Å². The van der Waals surface area contributed by atoms with Gasteiger partial charge >= 0.3 is 0 Å². The molecule has 1 aliphatic rings. The van der Waals surface area contributed by atoms with Gasteiger partial charge in [-0.3, -0.25) is 14.4 Å². The van der Waals surface area contributed by atoms with Crippen LogP contribution >= 0.6 is 10.0 Å². The maximum Gasteiger partial charge on any atom is 0.251 e. The summed E-state index contributed by atoms with van der Waals surface area (Å²) in [5.74, 6) is -0.597. The minimum Gasteiger partial charge on any atom is -0.497 e. The van der Waals surface area contributed by atoms with E-state index in [0.717, 1.165) is 0 Å². The van der Waals surface area contributed by atoms with Gasteiger partial charge in [0.05, 0.1) is 7.11 Å². The van der Waals surface area contributed by atoms with E-state index in [0.29, 0.717) is 30.0 Å². The van der Waals surface area contributed by atoms with Crippen molar-refractivity contribution in [3.05, 3.63) is 54.1 Å². The molecule has 2 aromatic carbocycles. The van der Waals surface area contributed by atoms with Crippen LogP contribution in [0.15, 0.2) is 53.4 Å². The maximum atomic E-state index is 13.2. The lowest BCUT2D eigenvalue weighted by molar-refractivity contribution is -0.134. The molecule has 1 aliphatic heterocycles. The molecule has 0 saturated carbocycles. The van der Waals surface area contributed by atoms with Crippen LogP contribution in [-0.4, -0.2) is 50.1 Å². The highest BCUT2D eigenvalue weighted by molar-refractivity contribution is 8.32. The number of ether oxygens (including phenoxy) is 1. The molecule has 3 N–H and O–H groups in total. The number of piperidine rings is 1.